The van der Waals surface area contributed by atoms with Gasteiger partial charge in [-0.25, -0.2) is 9.59 Å². The molecule has 0 heterocycles. The highest BCUT2D eigenvalue weighted by Crippen LogP contribution is 2.19. The number of hydrogen-bond acceptors (Lipinski definition) is 5. The van der Waals surface area contributed by atoms with Gasteiger partial charge in [0.1, 0.15) is 17.1 Å². The van der Waals surface area contributed by atoms with Crippen LogP contribution in [0.15, 0.2) is 54.6 Å². The van der Waals surface area contributed by atoms with Gasteiger partial charge in [-0.05, 0) is 35.9 Å². The van der Waals surface area contributed by atoms with E-state index < -0.39 is 11.9 Å². The third kappa shape index (κ3) is 3.96. The number of benzene rings is 2. The first kappa shape index (κ1) is 15.3. The standard InChI is InChI=1S/C17H14O5/c1-21-17(20)14-4-2-3-5-15(14)22-16(19)11-8-12-6-9-13(18)10-7-12/h2-11,18H,1H3/b11-8+. The lowest BCUT2D eigenvalue weighted by Crippen LogP contribution is -2.09. The highest BCUT2D eigenvalue weighted by molar-refractivity contribution is 5.95. The van der Waals surface area contributed by atoms with Crippen molar-refractivity contribution in [3.8, 4) is 11.5 Å². The molecule has 2 aromatic rings. The highest BCUT2D eigenvalue weighted by Gasteiger charge is 2.13. The molecule has 0 saturated heterocycles. The molecule has 0 aliphatic rings. The number of carbonyl (C=O) groups excluding carboxylic acids is 2. The van der Waals surface area contributed by atoms with Crippen molar-refractivity contribution >= 4 is 18.0 Å². The second-order valence-corrected chi connectivity index (χ2v) is 4.33. The van der Waals surface area contributed by atoms with E-state index in [2.05, 4.69) is 4.74 Å². The van der Waals surface area contributed by atoms with Gasteiger partial charge in [-0.1, -0.05) is 24.3 Å². The summed E-state index contributed by atoms with van der Waals surface area (Å²) in [7, 11) is 1.26. The number of phenols is 1. The molecular formula is C17H14O5. The Hall–Kier alpha value is -3.08. The Labute approximate surface area is 127 Å². The van der Waals surface area contributed by atoms with Gasteiger partial charge in [-0.3, -0.25) is 0 Å². The zero-order chi connectivity index (χ0) is 15.9. The molecule has 5 nitrogen and oxygen atoms in total. The summed E-state index contributed by atoms with van der Waals surface area (Å²) in [6.45, 7) is 0. The summed E-state index contributed by atoms with van der Waals surface area (Å²) < 4.78 is 9.77. The number of hydrogen-bond donors (Lipinski definition) is 1. The maximum Gasteiger partial charge on any atom is 0.341 e. The van der Waals surface area contributed by atoms with E-state index in [9.17, 15) is 14.7 Å². The van der Waals surface area contributed by atoms with Gasteiger partial charge in [-0.15, -0.1) is 0 Å². The molecule has 0 aromatic heterocycles. The summed E-state index contributed by atoms with van der Waals surface area (Å²) in [5.74, 6) is -0.920. The van der Waals surface area contributed by atoms with Crippen LogP contribution in [0.1, 0.15) is 15.9 Å². The molecule has 0 amide bonds. The summed E-state index contributed by atoms with van der Waals surface area (Å²) in [5.41, 5.74) is 0.910. The number of ether oxygens (including phenoxy) is 2. The average molecular weight is 298 g/mol. The zero-order valence-electron chi connectivity index (χ0n) is 11.9. The SMILES string of the molecule is COC(=O)c1ccccc1OC(=O)/C=C/c1ccc(O)cc1. The van der Waals surface area contributed by atoms with E-state index in [1.54, 1.807) is 30.3 Å². The molecule has 112 valence electrons. The molecule has 0 unspecified atom stereocenters. The molecule has 0 bridgehead atoms. The van der Waals surface area contributed by atoms with Gasteiger partial charge in [0, 0.05) is 6.08 Å². The Bertz CT molecular complexity index is 701. The Morgan fingerprint density at radius 2 is 1.73 bits per heavy atom. The summed E-state index contributed by atoms with van der Waals surface area (Å²) >= 11 is 0. The Morgan fingerprint density at radius 3 is 2.41 bits per heavy atom. The molecule has 0 atom stereocenters. The van der Waals surface area contributed by atoms with Crippen molar-refractivity contribution in [2.45, 2.75) is 0 Å². The minimum Gasteiger partial charge on any atom is -0.508 e. The fourth-order valence-electron chi connectivity index (χ4n) is 1.73. The van der Waals surface area contributed by atoms with Gasteiger partial charge in [0.05, 0.1) is 7.11 Å². The Kier molecular flexibility index (Phi) is 4.93. The molecule has 2 aromatic carbocycles. The molecule has 0 saturated carbocycles. The zero-order valence-corrected chi connectivity index (χ0v) is 11.9. The quantitative estimate of drug-likeness (QED) is 0.534. The highest BCUT2D eigenvalue weighted by atomic mass is 16.5. The Morgan fingerprint density at radius 1 is 1.05 bits per heavy atom. The van der Waals surface area contributed by atoms with E-state index >= 15 is 0 Å². The minimum absolute atomic E-state index is 0.134. The van der Waals surface area contributed by atoms with E-state index in [0.29, 0.717) is 0 Å². The first-order valence-electron chi connectivity index (χ1n) is 6.46. The third-order valence-electron chi connectivity index (χ3n) is 2.81. The number of phenolic OH excluding ortho intramolecular Hbond substituents is 1. The van der Waals surface area contributed by atoms with Gasteiger partial charge in [0.25, 0.3) is 0 Å². The minimum atomic E-state index is -0.621. The number of aromatic hydroxyl groups is 1. The lowest BCUT2D eigenvalue weighted by molar-refractivity contribution is -0.128. The maximum absolute atomic E-state index is 11.8. The predicted molar refractivity (Wildman–Crippen MR) is 80.6 cm³/mol. The predicted octanol–water partition coefficient (Wildman–Crippen LogP) is 2.80. The van der Waals surface area contributed by atoms with Crippen LogP contribution in [-0.2, 0) is 9.53 Å². The number of methoxy groups -OCH3 is 1. The normalized spacial score (nSPS) is 10.4. The van der Waals surface area contributed by atoms with E-state index in [0.717, 1.165) is 5.56 Å². The van der Waals surface area contributed by atoms with Gasteiger partial charge in [0.15, 0.2) is 0 Å². The summed E-state index contributed by atoms with van der Waals surface area (Å²) in [6, 6.07) is 12.7. The van der Waals surface area contributed by atoms with Crippen molar-refractivity contribution in [3.05, 3.63) is 65.7 Å². The van der Waals surface area contributed by atoms with Crippen LogP contribution < -0.4 is 4.74 Å². The number of carbonyl (C=O) groups is 2. The third-order valence-corrected chi connectivity index (χ3v) is 2.81. The lowest BCUT2D eigenvalue weighted by atomic mass is 10.2. The van der Waals surface area contributed by atoms with Crippen LogP contribution in [0.4, 0.5) is 0 Å². The second kappa shape index (κ2) is 7.08. The van der Waals surface area contributed by atoms with Crippen LogP contribution in [0.5, 0.6) is 11.5 Å². The van der Waals surface area contributed by atoms with E-state index in [-0.39, 0.29) is 17.1 Å². The number of para-hydroxylation sites is 1. The van der Waals surface area contributed by atoms with Crippen molar-refractivity contribution in [1.29, 1.82) is 0 Å². The smallest absolute Gasteiger partial charge is 0.341 e. The van der Waals surface area contributed by atoms with Gasteiger partial charge >= 0.3 is 11.9 Å². The fourth-order valence-corrected chi connectivity index (χ4v) is 1.73. The van der Waals surface area contributed by atoms with Crippen molar-refractivity contribution in [3.63, 3.8) is 0 Å². The Balaban J connectivity index is 2.09. The van der Waals surface area contributed by atoms with E-state index in [4.69, 9.17) is 4.74 Å². The van der Waals surface area contributed by atoms with Crippen LogP contribution >= 0.6 is 0 Å². The van der Waals surface area contributed by atoms with E-state index in [1.807, 2.05) is 0 Å². The van der Waals surface area contributed by atoms with Gasteiger partial charge < -0.3 is 14.6 Å². The lowest BCUT2D eigenvalue weighted by Gasteiger charge is -2.06. The van der Waals surface area contributed by atoms with Crippen molar-refractivity contribution in [1.82, 2.24) is 0 Å². The van der Waals surface area contributed by atoms with Crippen LogP contribution in [0.2, 0.25) is 0 Å². The molecule has 1 N–H and O–H groups in total. The molecule has 0 spiro atoms. The van der Waals surface area contributed by atoms with Crippen molar-refractivity contribution in [2.24, 2.45) is 0 Å². The molecule has 0 aliphatic heterocycles. The summed E-state index contributed by atoms with van der Waals surface area (Å²) in [4.78, 5) is 23.4. The first-order chi connectivity index (χ1) is 10.6. The monoisotopic (exact) mass is 298 g/mol. The van der Waals surface area contributed by atoms with Crippen LogP contribution in [0.3, 0.4) is 0 Å². The number of esters is 2. The maximum atomic E-state index is 11.8. The van der Waals surface area contributed by atoms with Gasteiger partial charge in [-0.2, -0.15) is 0 Å². The summed E-state index contributed by atoms with van der Waals surface area (Å²) in [5, 5.41) is 9.18. The van der Waals surface area contributed by atoms with E-state index in [1.165, 1.54) is 37.5 Å². The first-order valence-corrected chi connectivity index (χ1v) is 6.46. The van der Waals surface area contributed by atoms with Crippen LogP contribution in [0.25, 0.3) is 6.08 Å². The topological polar surface area (TPSA) is 72.8 Å². The largest absolute Gasteiger partial charge is 0.508 e. The second-order valence-electron chi connectivity index (χ2n) is 4.33. The van der Waals surface area contributed by atoms with Crippen molar-refractivity contribution < 1.29 is 24.2 Å². The fraction of sp³-hybridized carbons (Fsp3) is 0.0588. The van der Waals surface area contributed by atoms with Gasteiger partial charge in [0.2, 0.25) is 0 Å². The molecule has 22 heavy (non-hydrogen) atoms. The van der Waals surface area contributed by atoms with Crippen LogP contribution in [0, 0.1) is 0 Å². The molecule has 2 rings (SSSR count). The molecule has 5 heteroatoms. The number of rotatable bonds is 4. The molecular weight excluding hydrogens is 284 g/mol. The average Bonchev–Trinajstić information content (AvgIpc) is 2.54. The van der Waals surface area contributed by atoms with Crippen LogP contribution in [-0.4, -0.2) is 24.2 Å². The molecule has 0 fully saturated rings. The van der Waals surface area contributed by atoms with Crippen molar-refractivity contribution in [2.75, 3.05) is 7.11 Å². The molecule has 0 radical (unpaired) electrons. The molecule has 0 aliphatic carbocycles. The summed E-state index contributed by atoms with van der Waals surface area (Å²) in [6.07, 6.45) is 2.78.